The van der Waals surface area contributed by atoms with Gasteiger partial charge in [-0.1, -0.05) is 47.3 Å². The van der Waals surface area contributed by atoms with Crippen LogP contribution in [0.15, 0.2) is 89.2 Å². The second-order valence-corrected chi connectivity index (χ2v) is 7.44. The minimum Gasteiger partial charge on any atom is -0.512 e. The number of ketones is 1. The van der Waals surface area contributed by atoms with Crippen LogP contribution in [0.4, 0.5) is 0 Å². The number of aliphatic hydroxyl groups excluding tert-OH is 1. The number of carbonyl (C=O) groups excluding carboxylic acids is 1. The van der Waals surface area contributed by atoms with Crippen molar-refractivity contribution in [2.45, 2.75) is 20.7 Å². The first kappa shape index (κ1) is 21.0. The van der Waals surface area contributed by atoms with Gasteiger partial charge in [0.2, 0.25) is 5.71 Å². The van der Waals surface area contributed by atoms with Crippen LogP contribution in [-0.4, -0.2) is 20.9 Å². The molecule has 1 radical (unpaired) electrons. The van der Waals surface area contributed by atoms with Crippen LogP contribution in [0, 0.1) is 12.9 Å². The fourth-order valence-electron chi connectivity index (χ4n) is 3.48. The standard InChI is InChI=1S/C23H15N2O.C5H8O2.Ir/c1-15-10-11-19-18-8-5-9-20(22(18)26-23(19)25-15)21-14-17(12-13-24-21)16-6-3-2-4-7-16;1-4(6)3-5(2)7;/h2-8,10-14H,1H3;3,6H,1-2H3;/q-1;;/b;4-3-;/i1D3;;. The molecule has 0 saturated carbocycles. The van der Waals surface area contributed by atoms with Gasteiger partial charge in [-0.05, 0) is 55.7 Å². The topological polar surface area (TPSA) is 76.2 Å². The first-order valence-corrected chi connectivity index (χ1v) is 10.3. The van der Waals surface area contributed by atoms with E-state index in [1.165, 1.54) is 26.0 Å². The van der Waals surface area contributed by atoms with Crippen LogP contribution < -0.4 is 0 Å². The molecule has 6 heteroatoms. The summed E-state index contributed by atoms with van der Waals surface area (Å²) in [5.74, 6) is -0.0625. The van der Waals surface area contributed by atoms with E-state index in [1.54, 1.807) is 12.3 Å². The van der Waals surface area contributed by atoms with Crippen molar-refractivity contribution in [3.8, 4) is 22.4 Å². The summed E-state index contributed by atoms with van der Waals surface area (Å²) in [5.41, 5.74) is 4.49. The maximum absolute atomic E-state index is 10.0. The van der Waals surface area contributed by atoms with E-state index in [-0.39, 0.29) is 37.3 Å². The van der Waals surface area contributed by atoms with E-state index in [9.17, 15) is 4.79 Å². The molecule has 0 fully saturated rings. The number of carbonyl (C=O) groups is 1. The molecule has 0 amide bonds. The van der Waals surface area contributed by atoms with Gasteiger partial charge in [0, 0.05) is 47.6 Å². The Kier molecular flexibility index (Phi) is 6.79. The fourth-order valence-corrected chi connectivity index (χ4v) is 3.48. The third-order valence-electron chi connectivity index (χ3n) is 4.83. The van der Waals surface area contributed by atoms with E-state index in [0.717, 1.165) is 27.6 Å². The van der Waals surface area contributed by atoms with Gasteiger partial charge < -0.3 is 14.5 Å². The molecule has 0 aliphatic rings. The van der Waals surface area contributed by atoms with Gasteiger partial charge in [-0.2, -0.15) is 0 Å². The number of benzene rings is 2. The molecule has 5 rings (SSSR count). The summed E-state index contributed by atoms with van der Waals surface area (Å²) >= 11 is 0. The van der Waals surface area contributed by atoms with Gasteiger partial charge >= 0.3 is 0 Å². The summed E-state index contributed by atoms with van der Waals surface area (Å²) in [6, 6.07) is 24.2. The maximum Gasteiger partial charge on any atom is 0.216 e. The molecule has 5 nitrogen and oxygen atoms in total. The molecule has 0 spiro atoms. The van der Waals surface area contributed by atoms with E-state index < -0.39 is 6.85 Å². The summed E-state index contributed by atoms with van der Waals surface area (Å²) < 4.78 is 28.7. The molecule has 0 aliphatic carbocycles. The van der Waals surface area contributed by atoms with Gasteiger partial charge in [-0.25, -0.2) is 4.98 Å². The minimum atomic E-state index is -2.28. The number of aliphatic hydroxyl groups is 1. The minimum absolute atomic E-state index is 0. The van der Waals surface area contributed by atoms with Crippen molar-refractivity contribution >= 4 is 27.9 Å². The average molecular weight is 631 g/mol. The van der Waals surface area contributed by atoms with Crippen LogP contribution in [0.25, 0.3) is 44.5 Å². The van der Waals surface area contributed by atoms with Crippen molar-refractivity contribution in [3.63, 3.8) is 0 Å². The maximum atomic E-state index is 10.0. The summed E-state index contributed by atoms with van der Waals surface area (Å²) in [4.78, 5) is 18.7. The van der Waals surface area contributed by atoms with Gasteiger partial charge in [0.15, 0.2) is 5.78 Å². The zero-order valence-corrected chi connectivity index (χ0v) is 20.9. The molecule has 1 N–H and O–H groups in total. The number of furan rings is 1. The van der Waals surface area contributed by atoms with Gasteiger partial charge in [-0.15, -0.1) is 18.2 Å². The summed E-state index contributed by atoms with van der Waals surface area (Å²) in [6.07, 6.45) is 2.93. The molecule has 5 aromatic rings. The van der Waals surface area contributed by atoms with Crippen LogP contribution in [0.5, 0.6) is 0 Å². The average Bonchev–Trinajstić information content (AvgIpc) is 3.22. The number of nitrogens with zero attached hydrogens (tertiary/aromatic N) is 2. The number of fused-ring (bicyclic) bond motifs is 3. The monoisotopic (exact) mass is 631 g/mol. The van der Waals surface area contributed by atoms with Gasteiger partial charge in [-0.3, -0.25) is 4.79 Å². The van der Waals surface area contributed by atoms with Crippen LogP contribution in [0.3, 0.4) is 0 Å². The molecule has 0 aliphatic heterocycles. The zero-order chi connectivity index (χ0) is 25.9. The normalized spacial score (nSPS) is 12.6. The first-order valence-electron chi connectivity index (χ1n) is 11.8. The van der Waals surface area contributed by atoms with E-state index >= 15 is 0 Å². The smallest absolute Gasteiger partial charge is 0.216 e. The summed E-state index contributed by atoms with van der Waals surface area (Å²) in [5, 5.41) is 9.98. The van der Waals surface area contributed by atoms with Crippen molar-refractivity contribution in [2.75, 3.05) is 0 Å². The molecule has 0 atom stereocenters. The number of aromatic nitrogens is 2. The van der Waals surface area contributed by atoms with Crippen molar-refractivity contribution in [1.29, 1.82) is 0 Å². The number of aryl methyl sites for hydroxylation is 1. The Bertz CT molecular complexity index is 1570. The Morgan fingerprint density at radius 3 is 2.53 bits per heavy atom. The van der Waals surface area contributed by atoms with Crippen LogP contribution in [-0.2, 0) is 24.9 Å². The zero-order valence-electron chi connectivity index (χ0n) is 21.5. The number of hydrogen-bond donors (Lipinski definition) is 1. The molecule has 3 heterocycles. The molecule has 2 aromatic carbocycles. The predicted octanol–water partition coefficient (Wildman–Crippen LogP) is 6.85. The Hall–Kier alpha value is -3.60. The third kappa shape index (κ3) is 5.66. The van der Waals surface area contributed by atoms with Crippen LogP contribution in [0.1, 0.15) is 23.7 Å². The molecular formula is C28H23IrN2O3-. The molecular weight excluding hydrogens is 605 g/mol. The SMILES string of the molecule is CC(=O)/C=C(/C)O.[2H]C([2H])([2H])c1ccc2c(n1)oc1c(-c3cc(-c4ccccc4)ccn3)[c-]ccc12.[Ir]. The Morgan fingerprint density at radius 1 is 1.06 bits per heavy atom. The molecule has 3 aromatic heterocycles. The first-order chi connectivity index (χ1) is 17.1. The number of hydrogen-bond acceptors (Lipinski definition) is 5. The van der Waals surface area contributed by atoms with E-state index in [0.29, 0.717) is 16.9 Å². The van der Waals surface area contributed by atoms with Crippen LogP contribution >= 0.6 is 0 Å². The van der Waals surface area contributed by atoms with Crippen molar-refractivity contribution in [2.24, 2.45) is 0 Å². The van der Waals surface area contributed by atoms with Crippen LogP contribution in [0.2, 0.25) is 0 Å². The number of allylic oxidation sites excluding steroid dienone is 2. The second kappa shape index (κ2) is 11.0. The van der Waals surface area contributed by atoms with Gasteiger partial charge in [0.05, 0.1) is 11.3 Å². The predicted molar refractivity (Wildman–Crippen MR) is 131 cm³/mol. The van der Waals surface area contributed by atoms with E-state index in [1.807, 2.05) is 54.6 Å². The fraction of sp³-hybridized carbons (Fsp3) is 0.107. The van der Waals surface area contributed by atoms with Crippen molar-refractivity contribution in [3.05, 3.63) is 96.5 Å². The largest absolute Gasteiger partial charge is 0.512 e. The molecule has 0 unspecified atom stereocenters. The Morgan fingerprint density at radius 2 is 1.85 bits per heavy atom. The molecule has 0 saturated heterocycles. The van der Waals surface area contributed by atoms with Gasteiger partial charge in [0.1, 0.15) is 0 Å². The van der Waals surface area contributed by atoms with Crippen molar-refractivity contribution < 1.29 is 38.5 Å². The van der Waals surface area contributed by atoms with Gasteiger partial charge in [0.25, 0.3) is 0 Å². The third-order valence-corrected chi connectivity index (χ3v) is 4.83. The number of rotatable bonds is 3. The number of pyridine rings is 2. The molecule has 34 heavy (non-hydrogen) atoms. The van der Waals surface area contributed by atoms with Crippen molar-refractivity contribution in [1.82, 2.24) is 9.97 Å². The Balaban J connectivity index is 0.000000422. The summed E-state index contributed by atoms with van der Waals surface area (Å²) in [6.45, 7) is 0.564. The summed E-state index contributed by atoms with van der Waals surface area (Å²) in [7, 11) is 0. The Labute approximate surface area is 215 Å². The van der Waals surface area contributed by atoms with E-state index in [4.69, 9.17) is 13.6 Å². The molecule has 0 bridgehead atoms. The molecule has 173 valence electrons. The quantitative estimate of drug-likeness (QED) is 0.134. The second-order valence-electron chi connectivity index (χ2n) is 7.44. The van der Waals surface area contributed by atoms with E-state index in [2.05, 4.69) is 16.0 Å².